The summed E-state index contributed by atoms with van der Waals surface area (Å²) in [6, 6.07) is 0.167. The van der Waals surface area contributed by atoms with Crippen LogP contribution in [0.25, 0.3) is 0 Å². The van der Waals surface area contributed by atoms with Crippen LogP contribution in [0, 0.1) is 5.92 Å². The van der Waals surface area contributed by atoms with Gasteiger partial charge in [-0.2, -0.15) is 0 Å². The van der Waals surface area contributed by atoms with Crippen molar-refractivity contribution in [1.82, 2.24) is 30.1 Å². The second kappa shape index (κ2) is 6.55. The van der Waals surface area contributed by atoms with E-state index in [0.717, 1.165) is 6.54 Å². The molecule has 0 radical (unpaired) electrons. The van der Waals surface area contributed by atoms with E-state index in [9.17, 15) is 9.59 Å². The van der Waals surface area contributed by atoms with Crippen LogP contribution in [0.5, 0.6) is 0 Å². The number of nitrogens with one attached hydrogen (secondary N) is 1. The van der Waals surface area contributed by atoms with Crippen molar-refractivity contribution in [3.63, 3.8) is 0 Å². The van der Waals surface area contributed by atoms with E-state index in [1.165, 1.54) is 12.8 Å². The Morgan fingerprint density at radius 3 is 2.61 bits per heavy atom. The van der Waals surface area contributed by atoms with Crippen molar-refractivity contribution in [2.45, 2.75) is 32.7 Å². The SMILES string of the molecule is CCN(CC)C(=O)N1CC(n2cc(C(=O)NCC3CC3)nn2)C1. The normalized spacial score (nSPS) is 17.7. The van der Waals surface area contributed by atoms with E-state index in [4.69, 9.17) is 0 Å². The van der Waals surface area contributed by atoms with Gasteiger partial charge in [-0.05, 0) is 32.6 Å². The summed E-state index contributed by atoms with van der Waals surface area (Å²) in [5, 5.41) is 10.9. The summed E-state index contributed by atoms with van der Waals surface area (Å²) in [5.74, 6) is 0.471. The van der Waals surface area contributed by atoms with Crippen LogP contribution in [0.1, 0.15) is 43.2 Å². The highest BCUT2D eigenvalue weighted by Crippen LogP contribution is 2.27. The summed E-state index contributed by atoms with van der Waals surface area (Å²) in [7, 11) is 0. The average molecular weight is 320 g/mol. The van der Waals surface area contributed by atoms with Crippen LogP contribution in [0.3, 0.4) is 0 Å². The Balaban J connectivity index is 1.50. The molecule has 23 heavy (non-hydrogen) atoms. The predicted molar refractivity (Wildman–Crippen MR) is 84.0 cm³/mol. The number of nitrogens with zero attached hydrogens (tertiary/aromatic N) is 5. The number of carbonyl (C=O) groups is 2. The molecular weight excluding hydrogens is 296 g/mol. The number of carbonyl (C=O) groups excluding carboxylic acids is 2. The van der Waals surface area contributed by atoms with Crippen LogP contribution in [-0.2, 0) is 0 Å². The zero-order chi connectivity index (χ0) is 16.4. The third-order valence-corrected chi connectivity index (χ3v) is 4.53. The number of likely N-dealkylation sites (tertiary alicyclic amines) is 1. The minimum absolute atomic E-state index is 0.0637. The van der Waals surface area contributed by atoms with E-state index >= 15 is 0 Å². The molecule has 8 nitrogen and oxygen atoms in total. The lowest BCUT2D eigenvalue weighted by atomic mass is 10.1. The van der Waals surface area contributed by atoms with Gasteiger partial charge in [-0.3, -0.25) is 4.79 Å². The Labute approximate surface area is 135 Å². The van der Waals surface area contributed by atoms with Crippen LogP contribution < -0.4 is 5.32 Å². The Hall–Kier alpha value is -2.12. The first-order chi connectivity index (χ1) is 11.1. The molecule has 0 atom stereocenters. The molecule has 1 aromatic heterocycles. The van der Waals surface area contributed by atoms with Crippen molar-refractivity contribution in [3.8, 4) is 0 Å². The molecule has 3 amide bonds. The van der Waals surface area contributed by atoms with Gasteiger partial charge in [-0.25, -0.2) is 9.48 Å². The molecule has 0 bridgehead atoms. The summed E-state index contributed by atoms with van der Waals surface area (Å²) >= 11 is 0. The number of rotatable bonds is 6. The number of amides is 3. The van der Waals surface area contributed by atoms with Crippen LogP contribution in [0.4, 0.5) is 4.79 Å². The second-order valence-corrected chi connectivity index (χ2v) is 6.25. The molecule has 8 heteroatoms. The third kappa shape index (κ3) is 3.46. The second-order valence-electron chi connectivity index (χ2n) is 6.25. The average Bonchev–Trinajstić information content (AvgIpc) is 3.21. The number of urea groups is 1. The molecule has 1 aliphatic heterocycles. The van der Waals surface area contributed by atoms with E-state index in [0.29, 0.717) is 37.8 Å². The smallest absolute Gasteiger partial charge is 0.320 e. The molecular formula is C15H24N6O2. The molecule has 0 aromatic carbocycles. The molecule has 1 N–H and O–H groups in total. The van der Waals surface area contributed by atoms with Crippen molar-refractivity contribution >= 4 is 11.9 Å². The lowest BCUT2D eigenvalue weighted by molar-refractivity contribution is 0.0907. The first kappa shape index (κ1) is 15.8. The van der Waals surface area contributed by atoms with Gasteiger partial charge in [0.25, 0.3) is 5.91 Å². The Bertz CT molecular complexity index is 572. The molecule has 1 aromatic rings. The maximum atomic E-state index is 12.2. The quantitative estimate of drug-likeness (QED) is 0.838. The fourth-order valence-corrected chi connectivity index (χ4v) is 2.68. The van der Waals surface area contributed by atoms with E-state index in [-0.39, 0.29) is 18.0 Å². The first-order valence-corrected chi connectivity index (χ1v) is 8.36. The molecule has 1 saturated carbocycles. The summed E-state index contributed by atoms with van der Waals surface area (Å²) in [4.78, 5) is 27.7. The topological polar surface area (TPSA) is 83.4 Å². The largest absolute Gasteiger partial charge is 0.350 e. The molecule has 3 rings (SSSR count). The number of aromatic nitrogens is 3. The standard InChI is InChI=1S/C15H24N6O2/c1-3-19(4-2)15(23)20-8-12(9-20)21-10-13(17-18-21)14(22)16-7-11-5-6-11/h10-12H,3-9H2,1-2H3,(H,16,22). The molecule has 1 saturated heterocycles. The Morgan fingerprint density at radius 2 is 2.00 bits per heavy atom. The number of hydrogen-bond donors (Lipinski definition) is 1. The summed E-state index contributed by atoms with van der Waals surface area (Å²) < 4.78 is 1.69. The van der Waals surface area contributed by atoms with E-state index in [1.807, 2.05) is 13.8 Å². The molecule has 1 aliphatic carbocycles. The van der Waals surface area contributed by atoms with Gasteiger partial charge in [0.2, 0.25) is 0 Å². The van der Waals surface area contributed by atoms with Gasteiger partial charge in [-0.1, -0.05) is 5.21 Å². The van der Waals surface area contributed by atoms with Crippen molar-refractivity contribution in [1.29, 1.82) is 0 Å². The molecule has 2 fully saturated rings. The highest BCUT2D eigenvalue weighted by molar-refractivity contribution is 5.91. The van der Waals surface area contributed by atoms with Gasteiger partial charge in [0.15, 0.2) is 5.69 Å². The van der Waals surface area contributed by atoms with Crippen molar-refractivity contribution in [3.05, 3.63) is 11.9 Å². The maximum Gasteiger partial charge on any atom is 0.320 e. The Kier molecular flexibility index (Phi) is 4.49. The van der Waals surface area contributed by atoms with E-state index in [2.05, 4.69) is 15.6 Å². The lowest BCUT2D eigenvalue weighted by Gasteiger charge is -2.41. The van der Waals surface area contributed by atoms with E-state index < -0.39 is 0 Å². The Morgan fingerprint density at radius 1 is 1.30 bits per heavy atom. The minimum Gasteiger partial charge on any atom is -0.350 e. The van der Waals surface area contributed by atoms with Crippen LogP contribution >= 0.6 is 0 Å². The molecule has 0 unspecified atom stereocenters. The van der Waals surface area contributed by atoms with Crippen molar-refractivity contribution in [2.75, 3.05) is 32.7 Å². The molecule has 2 aliphatic rings. The third-order valence-electron chi connectivity index (χ3n) is 4.53. The van der Waals surface area contributed by atoms with Gasteiger partial charge in [0.05, 0.1) is 12.2 Å². The first-order valence-electron chi connectivity index (χ1n) is 8.36. The monoisotopic (exact) mass is 320 g/mol. The molecule has 0 spiro atoms. The van der Waals surface area contributed by atoms with Crippen LogP contribution in [0.15, 0.2) is 6.20 Å². The predicted octanol–water partition coefficient (Wildman–Crippen LogP) is 0.736. The van der Waals surface area contributed by atoms with Gasteiger partial charge >= 0.3 is 6.03 Å². The van der Waals surface area contributed by atoms with Gasteiger partial charge in [-0.15, -0.1) is 5.10 Å². The molecule has 126 valence electrons. The van der Waals surface area contributed by atoms with Crippen LogP contribution in [0.2, 0.25) is 0 Å². The van der Waals surface area contributed by atoms with Gasteiger partial charge in [0, 0.05) is 32.7 Å². The van der Waals surface area contributed by atoms with Crippen molar-refractivity contribution in [2.24, 2.45) is 5.92 Å². The zero-order valence-electron chi connectivity index (χ0n) is 13.7. The lowest BCUT2D eigenvalue weighted by Crippen LogP contribution is -2.55. The molecule has 2 heterocycles. The van der Waals surface area contributed by atoms with Crippen molar-refractivity contribution < 1.29 is 9.59 Å². The van der Waals surface area contributed by atoms with Gasteiger partial charge < -0.3 is 15.1 Å². The highest BCUT2D eigenvalue weighted by Gasteiger charge is 2.34. The summed E-state index contributed by atoms with van der Waals surface area (Å²) in [6.45, 7) is 7.33. The number of hydrogen-bond acceptors (Lipinski definition) is 4. The fraction of sp³-hybridized carbons (Fsp3) is 0.733. The summed E-state index contributed by atoms with van der Waals surface area (Å²) in [6.07, 6.45) is 4.07. The van der Waals surface area contributed by atoms with Gasteiger partial charge in [0.1, 0.15) is 0 Å². The maximum absolute atomic E-state index is 12.2. The van der Waals surface area contributed by atoms with E-state index in [1.54, 1.807) is 20.7 Å². The zero-order valence-corrected chi connectivity index (χ0v) is 13.7. The summed E-state index contributed by atoms with van der Waals surface area (Å²) in [5.41, 5.74) is 0.346. The fourth-order valence-electron chi connectivity index (χ4n) is 2.68. The minimum atomic E-state index is -0.168. The van der Waals surface area contributed by atoms with Crippen LogP contribution in [-0.4, -0.2) is 69.5 Å². The highest BCUT2D eigenvalue weighted by atomic mass is 16.2.